The van der Waals surface area contributed by atoms with Gasteiger partial charge in [-0.3, -0.25) is 0 Å². The summed E-state index contributed by atoms with van der Waals surface area (Å²) in [7, 11) is 0. The molecule has 2 atom stereocenters. The molecular formula is C17H23ClO2S. The molecule has 1 aromatic carbocycles. The first-order valence-corrected chi connectivity index (χ1v) is 9.29. The van der Waals surface area contributed by atoms with Crippen molar-refractivity contribution in [1.82, 2.24) is 0 Å². The smallest absolute Gasteiger partial charge is 0.0823 e. The minimum absolute atomic E-state index is 0.0155. The Morgan fingerprint density at radius 3 is 2.90 bits per heavy atom. The molecule has 0 amide bonds. The van der Waals surface area contributed by atoms with Crippen molar-refractivity contribution in [2.75, 3.05) is 18.1 Å². The van der Waals surface area contributed by atoms with E-state index in [-0.39, 0.29) is 11.5 Å². The predicted molar refractivity (Wildman–Crippen MR) is 89.1 cm³/mol. The van der Waals surface area contributed by atoms with Gasteiger partial charge in [0, 0.05) is 11.6 Å². The lowest BCUT2D eigenvalue weighted by Crippen LogP contribution is -2.44. The summed E-state index contributed by atoms with van der Waals surface area (Å²) in [5.41, 5.74) is 2.11. The van der Waals surface area contributed by atoms with Crippen LogP contribution in [0.1, 0.15) is 42.9 Å². The Kier molecular flexibility index (Phi) is 4.84. The molecule has 116 valence electrons. The van der Waals surface area contributed by atoms with Gasteiger partial charge in [-0.2, -0.15) is 11.8 Å². The van der Waals surface area contributed by atoms with Gasteiger partial charge in [0.15, 0.2) is 0 Å². The monoisotopic (exact) mass is 326 g/mol. The molecule has 21 heavy (non-hydrogen) atoms. The van der Waals surface area contributed by atoms with Crippen LogP contribution in [0.5, 0.6) is 0 Å². The summed E-state index contributed by atoms with van der Waals surface area (Å²) in [6.45, 7) is 2.81. The van der Waals surface area contributed by atoms with Crippen molar-refractivity contribution < 1.29 is 9.84 Å². The number of halogens is 1. The number of aryl methyl sites for hydroxylation is 1. The standard InChI is InChI=1S/C17H23ClO2S/c1-12-2-3-14(18)10-15(12)16(19)13-4-7-20-17(11-13)5-8-21-9-6-17/h2-3,10,13,16,19H,4-9,11H2,1H3. The molecule has 2 heterocycles. The van der Waals surface area contributed by atoms with Gasteiger partial charge in [-0.15, -0.1) is 0 Å². The van der Waals surface area contributed by atoms with Crippen LogP contribution in [0.25, 0.3) is 0 Å². The number of aliphatic hydroxyl groups is 1. The molecule has 0 aromatic heterocycles. The fourth-order valence-electron chi connectivity index (χ4n) is 3.61. The molecular weight excluding hydrogens is 304 g/mol. The molecule has 1 spiro atoms. The molecule has 0 aliphatic carbocycles. The zero-order valence-corrected chi connectivity index (χ0v) is 14.1. The van der Waals surface area contributed by atoms with Crippen molar-refractivity contribution in [2.24, 2.45) is 5.92 Å². The second kappa shape index (κ2) is 6.49. The molecule has 2 saturated heterocycles. The van der Waals surface area contributed by atoms with E-state index in [0.717, 1.165) is 43.4 Å². The number of rotatable bonds is 2. The highest BCUT2D eigenvalue weighted by Gasteiger charge is 2.41. The third-order valence-electron chi connectivity index (χ3n) is 4.94. The Morgan fingerprint density at radius 1 is 1.38 bits per heavy atom. The van der Waals surface area contributed by atoms with Crippen molar-refractivity contribution in [3.05, 3.63) is 34.3 Å². The molecule has 4 heteroatoms. The summed E-state index contributed by atoms with van der Waals surface area (Å²) < 4.78 is 6.13. The van der Waals surface area contributed by atoms with Gasteiger partial charge >= 0.3 is 0 Å². The summed E-state index contributed by atoms with van der Waals surface area (Å²) >= 11 is 8.12. The number of hydrogen-bond acceptors (Lipinski definition) is 3. The fourth-order valence-corrected chi connectivity index (χ4v) is 5.03. The van der Waals surface area contributed by atoms with Crippen LogP contribution in [0.2, 0.25) is 5.02 Å². The van der Waals surface area contributed by atoms with Gasteiger partial charge in [0.2, 0.25) is 0 Å². The Hall–Kier alpha value is -0.220. The van der Waals surface area contributed by atoms with E-state index in [1.165, 1.54) is 11.5 Å². The van der Waals surface area contributed by atoms with Crippen molar-refractivity contribution >= 4 is 23.4 Å². The van der Waals surface area contributed by atoms with E-state index in [2.05, 4.69) is 0 Å². The first-order valence-electron chi connectivity index (χ1n) is 7.75. The topological polar surface area (TPSA) is 29.5 Å². The van der Waals surface area contributed by atoms with E-state index in [1.54, 1.807) is 0 Å². The maximum Gasteiger partial charge on any atom is 0.0823 e. The second-order valence-corrected chi connectivity index (χ2v) is 8.00. The predicted octanol–water partition coefficient (Wildman–Crippen LogP) is 4.37. The van der Waals surface area contributed by atoms with Crippen LogP contribution >= 0.6 is 23.4 Å². The Labute approximate surface area is 136 Å². The second-order valence-electron chi connectivity index (χ2n) is 6.34. The Bertz CT molecular complexity index is 494. The van der Waals surface area contributed by atoms with Crippen LogP contribution in [-0.2, 0) is 4.74 Å². The van der Waals surface area contributed by atoms with Crippen LogP contribution in [0, 0.1) is 12.8 Å². The van der Waals surface area contributed by atoms with E-state index in [9.17, 15) is 5.11 Å². The molecule has 1 N–H and O–H groups in total. The summed E-state index contributed by atoms with van der Waals surface area (Å²) in [4.78, 5) is 0. The molecule has 2 aliphatic rings. The van der Waals surface area contributed by atoms with E-state index in [0.29, 0.717) is 5.02 Å². The molecule has 1 aromatic rings. The summed E-state index contributed by atoms with van der Waals surface area (Å²) in [5, 5.41) is 11.5. The van der Waals surface area contributed by atoms with E-state index in [4.69, 9.17) is 16.3 Å². The molecule has 2 aliphatic heterocycles. The third kappa shape index (κ3) is 3.42. The Balaban J connectivity index is 1.77. The van der Waals surface area contributed by atoms with Gasteiger partial charge < -0.3 is 9.84 Å². The van der Waals surface area contributed by atoms with Crippen LogP contribution in [0.4, 0.5) is 0 Å². The van der Waals surface area contributed by atoms with Crippen molar-refractivity contribution in [3.8, 4) is 0 Å². The molecule has 0 radical (unpaired) electrons. The first kappa shape index (κ1) is 15.7. The average Bonchev–Trinajstić information content (AvgIpc) is 2.50. The lowest BCUT2D eigenvalue weighted by Gasteiger charge is -2.44. The first-order chi connectivity index (χ1) is 10.1. The molecule has 2 fully saturated rings. The normalized spacial score (nSPS) is 26.7. The van der Waals surface area contributed by atoms with Gasteiger partial charge in [0.05, 0.1) is 11.7 Å². The maximum absolute atomic E-state index is 10.8. The van der Waals surface area contributed by atoms with Gasteiger partial charge in [-0.05, 0) is 73.3 Å². The summed E-state index contributed by atoms with van der Waals surface area (Å²) in [5.74, 6) is 2.64. The summed E-state index contributed by atoms with van der Waals surface area (Å²) in [6.07, 6.45) is 3.71. The largest absolute Gasteiger partial charge is 0.388 e. The van der Waals surface area contributed by atoms with Crippen LogP contribution in [0.3, 0.4) is 0 Å². The minimum Gasteiger partial charge on any atom is -0.388 e. The van der Waals surface area contributed by atoms with E-state index < -0.39 is 6.10 Å². The van der Waals surface area contributed by atoms with Crippen molar-refractivity contribution in [3.63, 3.8) is 0 Å². The number of hydrogen-bond donors (Lipinski definition) is 1. The van der Waals surface area contributed by atoms with Crippen molar-refractivity contribution in [2.45, 2.75) is 44.3 Å². The molecule has 0 bridgehead atoms. The number of benzene rings is 1. The lowest BCUT2D eigenvalue weighted by molar-refractivity contribution is -0.121. The van der Waals surface area contributed by atoms with Gasteiger partial charge in [0.25, 0.3) is 0 Å². The van der Waals surface area contributed by atoms with Gasteiger partial charge in [-0.25, -0.2) is 0 Å². The molecule has 3 rings (SSSR count). The Morgan fingerprint density at radius 2 is 2.14 bits per heavy atom. The third-order valence-corrected chi connectivity index (χ3v) is 6.16. The number of aliphatic hydroxyl groups excluding tert-OH is 1. The highest BCUT2D eigenvalue weighted by Crippen LogP contribution is 2.44. The summed E-state index contributed by atoms with van der Waals surface area (Å²) in [6, 6.07) is 5.80. The van der Waals surface area contributed by atoms with Crippen LogP contribution < -0.4 is 0 Å². The van der Waals surface area contributed by atoms with Gasteiger partial charge in [-0.1, -0.05) is 17.7 Å². The average molecular weight is 327 g/mol. The fraction of sp³-hybridized carbons (Fsp3) is 0.647. The molecule has 2 unspecified atom stereocenters. The lowest BCUT2D eigenvalue weighted by atomic mass is 9.77. The quantitative estimate of drug-likeness (QED) is 0.874. The number of ether oxygens (including phenoxy) is 1. The van der Waals surface area contributed by atoms with Crippen LogP contribution in [0.15, 0.2) is 18.2 Å². The molecule has 2 nitrogen and oxygen atoms in total. The van der Waals surface area contributed by atoms with E-state index >= 15 is 0 Å². The highest BCUT2D eigenvalue weighted by atomic mass is 35.5. The molecule has 0 saturated carbocycles. The van der Waals surface area contributed by atoms with Crippen LogP contribution in [-0.4, -0.2) is 28.8 Å². The SMILES string of the molecule is Cc1ccc(Cl)cc1C(O)C1CCOC2(CCSCC2)C1. The van der Waals surface area contributed by atoms with Gasteiger partial charge in [0.1, 0.15) is 0 Å². The maximum atomic E-state index is 10.8. The minimum atomic E-state index is -0.431. The zero-order chi connectivity index (χ0) is 14.9. The zero-order valence-electron chi connectivity index (χ0n) is 12.5. The number of thioether (sulfide) groups is 1. The van der Waals surface area contributed by atoms with Crippen molar-refractivity contribution in [1.29, 1.82) is 0 Å². The highest BCUT2D eigenvalue weighted by molar-refractivity contribution is 7.99. The van der Waals surface area contributed by atoms with E-state index in [1.807, 2.05) is 36.9 Å².